The molecule has 1 saturated heterocycles. The molecule has 2 aromatic carbocycles. The first kappa shape index (κ1) is 23.1. The van der Waals surface area contributed by atoms with Gasteiger partial charge in [0.15, 0.2) is 0 Å². The van der Waals surface area contributed by atoms with E-state index in [4.69, 9.17) is 5.10 Å². The van der Waals surface area contributed by atoms with Crippen molar-refractivity contribution in [2.45, 2.75) is 19.8 Å². The minimum absolute atomic E-state index is 0.318. The van der Waals surface area contributed by atoms with Crippen molar-refractivity contribution in [1.29, 1.82) is 0 Å². The van der Waals surface area contributed by atoms with E-state index in [1.54, 1.807) is 29.1 Å². The number of nitrogens with zero attached hydrogens (tertiary/aromatic N) is 6. The van der Waals surface area contributed by atoms with Crippen LogP contribution in [0.25, 0.3) is 38.8 Å². The fraction of sp³-hybridized carbons (Fsp3) is 0.259. The summed E-state index contributed by atoms with van der Waals surface area (Å²) in [7, 11) is 1.54. The molecule has 0 saturated carbocycles. The van der Waals surface area contributed by atoms with Crippen LogP contribution in [0.2, 0.25) is 0 Å². The molecule has 0 unspecified atom stereocenters. The van der Waals surface area contributed by atoms with Crippen molar-refractivity contribution in [3.05, 3.63) is 66.0 Å². The molecule has 6 rings (SSSR count). The van der Waals surface area contributed by atoms with Gasteiger partial charge in [-0.25, -0.2) is 18.7 Å². The number of pyridine rings is 1. The molecule has 8 nitrogen and oxygen atoms in total. The van der Waals surface area contributed by atoms with Gasteiger partial charge in [-0.05, 0) is 55.7 Å². The van der Waals surface area contributed by atoms with Crippen LogP contribution in [0.3, 0.4) is 0 Å². The predicted molar refractivity (Wildman–Crippen MR) is 136 cm³/mol. The highest BCUT2D eigenvalue weighted by Crippen LogP contribution is 2.37. The zero-order chi connectivity index (χ0) is 25.8. The molecular weight excluding hydrogens is 478 g/mol. The second-order valence-electron chi connectivity index (χ2n) is 9.47. The van der Waals surface area contributed by atoms with Crippen molar-refractivity contribution in [3.8, 4) is 16.9 Å². The van der Waals surface area contributed by atoms with Crippen LogP contribution in [0.15, 0.2) is 48.7 Å². The Morgan fingerprint density at radius 2 is 1.86 bits per heavy atom. The molecule has 1 fully saturated rings. The third-order valence-corrected chi connectivity index (χ3v) is 7.12. The number of fused-ring (bicyclic) bond motifs is 2. The van der Waals surface area contributed by atoms with Crippen LogP contribution in [-0.2, 0) is 11.8 Å². The molecule has 1 aliphatic rings. The van der Waals surface area contributed by atoms with Crippen LogP contribution in [0.4, 0.5) is 14.6 Å². The zero-order valence-electron chi connectivity index (χ0n) is 20.3. The van der Waals surface area contributed by atoms with E-state index in [0.717, 1.165) is 5.82 Å². The van der Waals surface area contributed by atoms with Gasteiger partial charge in [0, 0.05) is 31.1 Å². The van der Waals surface area contributed by atoms with Gasteiger partial charge in [0.2, 0.25) is 5.95 Å². The molecule has 0 atom stereocenters. The number of carboxylic acids is 1. The van der Waals surface area contributed by atoms with Crippen LogP contribution >= 0.6 is 0 Å². The van der Waals surface area contributed by atoms with Gasteiger partial charge in [-0.3, -0.25) is 4.79 Å². The zero-order valence-corrected chi connectivity index (χ0v) is 20.3. The maximum absolute atomic E-state index is 15.0. The Hall–Kier alpha value is -4.34. The first-order chi connectivity index (χ1) is 17.8. The third kappa shape index (κ3) is 3.80. The molecule has 1 aliphatic heterocycles. The topological polar surface area (TPSA) is 89.1 Å². The first-order valence-electron chi connectivity index (χ1n) is 12.1. The van der Waals surface area contributed by atoms with E-state index in [1.807, 2.05) is 19.1 Å². The Bertz CT molecular complexity index is 1670. The summed E-state index contributed by atoms with van der Waals surface area (Å²) in [5.74, 6) is -1.20. The molecule has 0 bridgehead atoms. The van der Waals surface area contributed by atoms with Crippen LogP contribution in [0.5, 0.6) is 0 Å². The highest BCUT2D eigenvalue weighted by Gasteiger charge is 2.26. The number of hydrogen-bond acceptors (Lipinski definition) is 5. The quantitative estimate of drug-likeness (QED) is 0.378. The normalized spacial score (nSPS) is 14.6. The Morgan fingerprint density at radius 1 is 1.08 bits per heavy atom. The number of rotatable bonds is 4. The fourth-order valence-electron chi connectivity index (χ4n) is 5.24. The predicted octanol–water partition coefficient (Wildman–Crippen LogP) is 4.86. The van der Waals surface area contributed by atoms with E-state index in [2.05, 4.69) is 15.0 Å². The Balaban J connectivity index is 1.45. The van der Waals surface area contributed by atoms with E-state index in [-0.39, 0.29) is 5.92 Å². The summed E-state index contributed by atoms with van der Waals surface area (Å²) in [5, 5.41) is 19.2. The first-order valence-corrected chi connectivity index (χ1v) is 12.1. The highest BCUT2D eigenvalue weighted by atomic mass is 19.1. The molecule has 0 amide bonds. The smallest absolute Gasteiger partial charge is 0.306 e. The lowest BCUT2D eigenvalue weighted by Gasteiger charge is -2.31. The molecule has 0 radical (unpaired) electrons. The summed E-state index contributed by atoms with van der Waals surface area (Å²) in [6.45, 7) is 3.06. The van der Waals surface area contributed by atoms with Crippen molar-refractivity contribution >= 4 is 33.6 Å². The number of aromatic nitrogens is 5. The average Bonchev–Trinajstić information content (AvgIpc) is 3.41. The van der Waals surface area contributed by atoms with Crippen molar-refractivity contribution in [1.82, 2.24) is 24.5 Å². The fourth-order valence-corrected chi connectivity index (χ4v) is 5.24. The summed E-state index contributed by atoms with van der Waals surface area (Å²) in [6.07, 6.45) is 2.85. The summed E-state index contributed by atoms with van der Waals surface area (Å²) in [5.41, 5.74) is 3.54. The maximum Gasteiger partial charge on any atom is 0.306 e. The van der Waals surface area contributed by atoms with Crippen LogP contribution < -0.4 is 4.90 Å². The molecule has 3 aromatic heterocycles. The van der Waals surface area contributed by atoms with Crippen molar-refractivity contribution in [2.24, 2.45) is 13.0 Å². The van der Waals surface area contributed by atoms with Gasteiger partial charge in [-0.15, -0.1) is 0 Å². The number of carboxylic acid groups (broad SMARTS) is 1. The number of piperidine rings is 1. The standard InChI is InChI=1S/C27H24F2N6O2/c1-15-12-17(28)13-20-24(19-4-3-5-21-23(19)26(29)33(2)31-21)32-35(25(15)20)18-6-7-22(30-14-18)34-10-8-16(9-11-34)27(36)37/h3-7,12-14,16H,8-11H2,1-2H3,(H,36,37). The van der Waals surface area contributed by atoms with Gasteiger partial charge in [-0.1, -0.05) is 12.1 Å². The van der Waals surface area contributed by atoms with Gasteiger partial charge in [0.1, 0.15) is 17.3 Å². The second kappa shape index (κ2) is 8.65. The summed E-state index contributed by atoms with van der Waals surface area (Å²) >= 11 is 0. The van der Waals surface area contributed by atoms with Crippen LogP contribution in [0, 0.1) is 24.6 Å². The number of hydrogen-bond donors (Lipinski definition) is 1. The number of benzene rings is 2. The summed E-state index contributed by atoms with van der Waals surface area (Å²) < 4.78 is 32.5. The van der Waals surface area contributed by atoms with Crippen LogP contribution in [-0.4, -0.2) is 48.7 Å². The monoisotopic (exact) mass is 502 g/mol. The highest BCUT2D eigenvalue weighted by molar-refractivity contribution is 6.03. The van der Waals surface area contributed by atoms with E-state index < -0.39 is 17.7 Å². The van der Waals surface area contributed by atoms with Crippen molar-refractivity contribution < 1.29 is 18.7 Å². The lowest BCUT2D eigenvalue weighted by atomic mass is 9.97. The number of aliphatic carboxylic acids is 1. The van der Waals surface area contributed by atoms with Gasteiger partial charge in [0.05, 0.1) is 34.2 Å². The summed E-state index contributed by atoms with van der Waals surface area (Å²) in [4.78, 5) is 18.0. The van der Waals surface area contributed by atoms with Crippen molar-refractivity contribution in [2.75, 3.05) is 18.0 Å². The maximum atomic E-state index is 15.0. The van der Waals surface area contributed by atoms with Crippen molar-refractivity contribution in [3.63, 3.8) is 0 Å². The molecule has 188 valence electrons. The second-order valence-corrected chi connectivity index (χ2v) is 9.47. The molecular formula is C27H24F2N6O2. The largest absolute Gasteiger partial charge is 0.481 e. The van der Waals surface area contributed by atoms with Gasteiger partial charge < -0.3 is 10.0 Å². The van der Waals surface area contributed by atoms with E-state index in [9.17, 15) is 14.3 Å². The van der Waals surface area contributed by atoms with Gasteiger partial charge in [-0.2, -0.15) is 14.6 Å². The SMILES string of the molecule is Cc1cc(F)cc2c(-c3cccc4nn(C)c(F)c34)nn(-c3ccc(N4CCC(C(=O)O)CC4)nc3)c12. The molecule has 1 N–H and O–H groups in total. The Labute approximate surface area is 210 Å². The Kier molecular flexibility index (Phi) is 5.40. The summed E-state index contributed by atoms with van der Waals surface area (Å²) in [6, 6.07) is 11.9. The average molecular weight is 503 g/mol. The molecule has 5 aromatic rings. The van der Waals surface area contributed by atoms with E-state index >= 15 is 4.39 Å². The molecule has 4 heterocycles. The minimum Gasteiger partial charge on any atom is -0.481 e. The lowest BCUT2D eigenvalue weighted by Crippen LogP contribution is -2.36. The minimum atomic E-state index is -0.752. The van der Waals surface area contributed by atoms with Crippen LogP contribution in [0.1, 0.15) is 18.4 Å². The van der Waals surface area contributed by atoms with E-state index in [1.165, 1.54) is 23.9 Å². The van der Waals surface area contributed by atoms with Gasteiger partial charge in [0.25, 0.3) is 0 Å². The Morgan fingerprint density at radius 3 is 2.57 bits per heavy atom. The van der Waals surface area contributed by atoms with Gasteiger partial charge >= 0.3 is 5.97 Å². The molecule has 10 heteroatoms. The molecule has 37 heavy (non-hydrogen) atoms. The number of aryl methyl sites for hydroxylation is 2. The number of halogens is 2. The lowest BCUT2D eigenvalue weighted by molar-refractivity contribution is -0.142. The molecule has 0 spiro atoms. The van der Waals surface area contributed by atoms with E-state index in [0.29, 0.717) is 70.2 Å². The molecule has 0 aliphatic carbocycles. The number of anilines is 1. The third-order valence-electron chi connectivity index (χ3n) is 7.12. The number of carbonyl (C=O) groups is 1.